The van der Waals surface area contributed by atoms with E-state index in [0.29, 0.717) is 42.7 Å². The number of rotatable bonds is 13. The molecule has 0 spiro atoms. The second-order valence-corrected chi connectivity index (χ2v) is 15.7. The largest absolute Gasteiger partial charge is 0.497 e. The van der Waals surface area contributed by atoms with E-state index in [9.17, 15) is 14.4 Å². The maximum atomic E-state index is 12.7. The first-order chi connectivity index (χ1) is 27.4. The van der Waals surface area contributed by atoms with Crippen LogP contribution in [0.25, 0.3) is 0 Å². The number of hydrogen-bond donors (Lipinski definition) is 5. The summed E-state index contributed by atoms with van der Waals surface area (Å²) in [5.74, 6) is 1.91. The zero-order valence-electron chi connectivity index (χ0n) is 32.1. The molecular weight excluding hydrogens is 767 g/mol. The Hall–Kier alpha value is -5.79. The van der Waals surface area contributed by atoms with E-state index in [1.807, 2.05) is 50.2 Å². The number of hydrogen-bond acceptors (Lipinski definition) is 17. The highest BCUT2D eigenvalue weighted by atomic mass is 32.1. The Labute approximate surface area is 338 Å². The van der Waals surface area contributed by atoms with Gasteiger partial charge in [0.15, 0.2) is 23.0 Å². The third-order valence-corrected chi connectivity index (χ3v) is 11.0. The van der Waals surface area contributed by atoms with E-state index < -0.39 is 11.8 Å². The van der Waals surface area contributed by atoms with Crippen molar-refractivity contribution in [2.45, 2.75) is 58.4 Å². The molecule has 17 nitrogen and oxygen atoms in total. The van der Waals surface area contributed by atoms with Gasteiger partial charge in [-0.3, -0.25) is 14.4 Å². The van der Waals surface area contributed by atoms with E-state index in [1.165, 1.54) is 23.1 Å². The van der Waals surface area contributed by atoms with Gasteiger partial charge in [0.1, 0.15) is 33.2 Å². The molecule has 7 rings (SSSR count). The maximum absolute atomic E-state index is 12.7. The van der Waals surface area contributed by atoms with Crippen LogP contribution in [0.1, 0.15) is 70.0 Å². The van der Waals surface area contributed by atoms with Crippen molar-refractivity contribution in [1.29, 1.82) is 0 Å². The lowest BCUT2D eigenvalue weighted by molar-refractivity contribution is -0.119. The lowest BCUT2D eigenvalue weighted by Crippen LogP contribution is -2.43. The van der Waals surface area contributed by atoms with Crippen molar-refractivity contribution in [2.24, 2.45) is 23.1 Å². The van der Waals surface area contributed by atoms with Crippen molar-refractivity contribution in [3.8, 4) is 5.75 Å². The molecule has 0 unspecified atom stereocenters. The number of piperidine rings is 2. The van der Waals surface area contributed by atoms with Gasteiger partial charge in [0, 0.05) is 45.1 Å². The van der Waals surface area contributed by atoms with E-state index in [0.717, 1.165) is 78.0 Å². The Morgan fingerprint density at radius 3 is 1.89 bits per heavy atom. The molecule has 2 amide bonds. The molecule has 57 heavy (non-hydrogen) atoms. The molecule has 300 valence electrons. The number of aryl methyl sites for hydroxylation is 2. The van der Waals surface area contributed by atoms with Crippen molar-refractivity contribution in [3.05, 3.63) is 77.1 Å². The predicted octanol–water partition coefficient (Wildman–Crippen LogP) is 4.52. The number of ether oxygens (including phenoxy) is 1. The molecular formula is C38H47N13O4S2. The molecule has 2 atom stereocenters. The van der Waals surface area contributed by atoms with E-state index >= 15 is 0 Å². The quantitative estimate of drug-likeness (QED) is 0.110. The van der Waals surface area contributed by atoms with Crippen LogP contribution in [0.2, 0.25) is 0 Å². The molecule has 2 aliphatic heterocycles. The van der Waals surface area contributed by atoms with Crippen molar-refractivity contribution < 1.29 is 19.1 Å². The van der Waals surface area contributed by atoms with Crippen LogP contribution in [0.3, 0.4) is 0 Å². The number of nitrogens with two attached hydrogens (primary N) is 3. The van der Waals surface area contributed by atoms with Gasteiger partial charge in [0.25, 0.3) is 11.8 Å². The number of anilines is 6. The summed E-state index contributed by atoms with van der Waals surface area (Å²) in [6, 6.07) is 11.5. The minimum absolute atomic E-state index is 0.0804. The molecule has 2 saturated heterocycles. The molecule has 2 aliphatic rings. The van der Waals surface area contributed by atoms with Gasteiger partial charge < -0.3 is 42.4 Å². The Bertz CT molecular complexity index is 2200. The van der Waals surface area contributed by atoms with Gasteiger partial charge in [-0.1, -0.05) is 12.1 Å². The van der Waals surface area contributed by atoms with Crippen LogP contribution >= 0.6 is 23.1 Å². The number of benzene rings is 1. The Morgan fingerprint density at radius 1 is 0.825 bits per heavy atom. The van der Waals surface area contributed by atoms with Crippen molar-refractivity contribution >= 4 is 73.9 Å². The number of carbonyl (C=O) groups excluding carboxylic acids is 3. The lowest BCUT2D eigenvalue weighted by Gasteiger charge is -2.33. The van der Waals surface area contributed by atoms with Crippen LogP contribution in [-0.2, 0) is 11.2 Å². The van der Waals surface area contributed by atoms with E-state index in [4.69, 9.17) is 21.9 Å². The fraction of sp³-hybridized carbons (Fsp3) is 0.395. The minimum Gasteiger partial charge on any atom is -0.497 e. The molecule has 0 saturated carbocycles. The average molecular weight is 814 g/mol. The summed E-state index contributed by atoms with van der Waals surface area (Å²) < 4.78 is 13.7. The normalized spacial score (nSPS) is 16.6. The van der Waals surface area contributed by atoms with Gasteiger partial charge in [-0.2, -0.15) is 8.75 Å². The third kappa shape index (κ3) is 11.2. The van der Waals surface area contributed by atoms with Gasteiger partial charge in [-0.05, 0) is 98.3 Å². The van der Waals surface area contributed by atoms with Crippen LogP contribution in [-0.4, -0.2) is 85.6 Å². The number of amides is 2. The number of carbonyl (C=O) groups is 3. The summed E-state index contributed by atoms with van der Waals surface area (Å²) in [4.78, 5) is 58.1. The number of nitrogens with zero attached hydrogens (tertiary/aromatic N) is 8. The maximum Gasteiger partial charge on any atom is 0.271 e. The summed E-state index contributed by atoms with van der Waals surface area (Å²) in [5.41, 5.74) is 19.8. The van der Waals surface area contributed by atoms with Gasteiger partial charge >= 0.3 is 0 Å². The summed E-state index contributed by atoms with van der Waals surface area (Å²) in [6.07, 6.45) is 8.00. The van der Waals surface area contributed by atoms with Crippen LogP contribution in [0.5, 0.6) is 5.75 Å². The number of aromatic nitrogens is 6. The molecule has 2 fully saturated rings. The highest BCUT2D eigenvalue weighted by molar-refractivity contribution is 7.10. The van der Waals surface area contributed by atoms with E-state index in [2.05, 4.69) is 49.1 Å². The number of ketones is 1. The number of methoxy groups -OCH3 is 1. The van der Waals surface area contributed by atoms with Crippen LogP contribution in [0, 0.1) is 19.8 Å². The standard InChI is InChI=1S/C24H28N6O3S.C14H19N7OS/c1-15-9-21(34-29-15)28-24-22(23(25)32)26-13-20(27-24)30-8-4-6-17(14-30)11-18(31)10-16-5-3-7-19(12-16)33-2;1-8-5-11(23-20-8)19-14-12(13(16)22)17-6-10(18-14)21-4-2-3-9(15)7-21/h3,5,7,9,12-13,17H,4,6,8,10-11,14H2,1-2H3,(H2,25,32)(H,27,28);5-6,9H,2-4,7,15H2,1H3,(H2,16,22)(H,18,19)/t17-;9-/m01/s1. The number of nitrogens with one attached hydrogen (secondary N) is 2. The predicted molar refractivity (Wildman–Crippen MR) is 222 cm³/mol. The Balaban J connectivity index is 0.000000208. The smallest absolute Gasteiger partial charge is 0.271 e. The van der Waals surface area contributed by atoms with Crippen LogP contribution in [0.4, 0.5) is 33.3 Å². The van der Waals surface area contributed by atoms with Crippen LogP contribution in [0.15, 0.2) is 48.8 Å². The number of primary amides is 2. The first-order valence-corrected chi connectivity index (χ1v) is 20.1. The fourth-order valence-corrected chi connectivity index (χ4v) is 8.06. The Kier molecular flexibility index (Phi) is 13.5. The molecule has 0 radical (unpaired) electrons. The monoisotopic (exact) mass is 813 g/mol. The van der Waals surface area contributed by atoms with E-state index in [1.54, 1.807) is 19.5 Å². The van der Waals surface area contributed by atoms with Crippen molar-refractivity contribution in [3.63, 3.8) is 0 Å². The first kappa shape index (κ1) is 40.9. The zero-order chi connectivity index (χ0) is 40.5. The highest BCUT2D eigenvalue weighted by Gasteiger charge is 2.25. The molecule has 0 aliphatic carbocycles. The van der Waals surface area contributed by atoms with Gasteiger partial charge in [0.05, 0.1) is 30.9 Å². The number of Topliss-reactive ketones (excluding diaryl/α,β-unsaturated/α-hetero) is 1. The topological polar surface area (TPSA) is 246 Å². The Morgan fingerprint density at radius 2 is 1.39 bits per heavy atom. The average Bonchev–Trinajstić information content (AvgIpc) is 3.80. The van der Waals surface area contributed by atoms with E-state index in [-0.39, 0.29) is 29.1 Å². The molecule has 8 N–H and O–H groups in total. The fourth-order valence-electron chi connectivity index (χ4n) is 6.74. The highest BCUT2D eigenvalue weighted by Crippen LogP contribution is 2.29. The molecule has 19 heteroatoms. The van der Waals surface area contributed by atoms with Crippen molar-refractivity contribution in [1.82, 2.24) is 28.7 Å². The van der Waals surface area contributed by atoms with Gasteiger partial charge in [-0.15, -0.1) is 0 Å². The first-order valence-electron chi connectivity index (χ1n) is 18.6. The molecule has 6 heterocycles. The van der Waals surface area contributed by atoms with Gasteiger partial charge in [-0.25, -0.2) is 19.9 Å². The third-order valence-electron chi connectivity index (χ3n) is 9.40. The summed E-state index contributed by atoms with van der Waals surface area (Å²) in [5, 5.41) is 7.75. The molecule has 1 aromatic carbocycles. The SMILES string of the molecule is COc1cccc(CC(=O)C[C@@H]2CCCN(c3cnc(C(N)=O)c(Nc4cc(C)ns4)n3)C2)c1.Cc1cc(Nc2nc(N3CCC[C@@H](N)C3)cnc2C(N)=O)sn1. The second kappa shape index (κ2) is 18.9. The lowest BCUT2D eigenvalue weighted by atomic mass is 9.91. The summed E-state index contributed by atoms with van der Waals surface area (Å²) in [6.45, 7) is 6.90. The second-order valence-electron chi connectivity index (χ2n) is 14.1. The van der Waals surface area contributed by atoms with Gasteiger partial charge in [0.2, 0.25) is 0 Å². The molecule has 0 bridgehead atoms. The minimum atomic E-state index is -0.651. The molecule has 4 aromatic heterocycles. The summed E-state index contributed by atoms with van der Waals surface area (Å²) in [7, 11) is 1.62. The molecule has 5 aromatic rings. The van der Waals surface area contributed by atoms with Crippen molar-refractivity contribution in [2.75, 3.05) is 53.7 Å². The van der Waals surface area contributed by atoms with Crippen LogP contribution < -0.4 is 42.4 Å². The summed E-state index contributed by atoms with van der Waals surface area (Å²) >= 11 is 2.57. The zero-order valence-corrected chi connectivity index (χ0v) is 33.7.